The van der Waals surface area contributed by atoms with Gasteiger partial charge in [-0.15, -0.1) is 0 Å². The van der Waals surface area contributed by atoms with Crippen LogP contribution >= 0.6 is 0 Å². The summed E-state index contributed by atoms with van der Waals surface area (Å²) in [6.45, 7) is 1.05. The number of benzene rings is 2. The standard InChI is InChI=1S/C20H22N2O3/c1-23-16-10-12(11-17(24-2)20(16)25-3)18-19-14(8-9-21-18)13-6-4-5-7-15(13)22-19/h4-7,10-11,18,21-22H,8-9H2,1-3H3/p+1/t18-/m1/s1. The summed E-state index contributed by atoms with van der Waals surface area (Å²) in [5.41, 5.74) is 5.01. The molecule has 0 radical (unpaired) electrons. The van der Waals surface area contributed by atoms with Gasteiger partial charge in [0.2, 0.25) is 5.75 Å². The Labute approximate surface area is 146 Å². The Morgan fingerprint density at radius 1 is 1.00 bits per heavy atom. The molecule has 5 heteroatoms. The summed E-state index contributed by atoms with van der Waals surface area (Å²) in [5.74, 6) is 2.00. The van der Waals surface area contributed by atoms with Gasteiger partial charge in [-0.3, -0.25) is 0 Å². The molecule has 1 aliphatic rings. The van der Waals surface area contributed by atoms with Crippen LogP contribution in [0.4, 0.5) is 0 Å². The van der Waals surface area contributed by atoms with Crippen molar-refractivity contribution in [3.63, 3.8) is 0 Å². The lowest BCUT2D eigenvalue weighted by molar-refractivity contribution is -0.690. The summed E-state index contributed by atoms with van der Waals surface area (Å²) in [6.07, 6.45) is 1.07. The Kier molecular flexibility index (Phi) is 4.01. The minimum atomic E-state index is 0.185. The van der Waals surface area contributed by atoms with Crippen molar-refractivity contribution >= 4 is 10.9 Å². The first kappa shape index (κ1) is 15.8. The number of hydrogen-bond acceptors (Lipinski definition) is 3. The van der Waals surface area contributed by atoms with Crippen LogP contribution in [0.15, 0.2) is 36.4 Å². The number of nitrogens with one attached hydrogen (secondary N) is 1. The molecular formula is C20H23N2O3+. The predicted octanol–water partition coefficient (Wildman–Crippen LogP) is 2.40. The predicted molar refractivity (Wildman–Crippen MR) is 96.7 cm³/mol. The van der Waals surface area contributed by atoms with Crippen LogP contribution in [0.1, 0.15) is 22.9 Å². The molecule has 0 fully saturated rings. The molecule has 1 aromatic heterocycles. The number of quaternary nitrogens is 1. The van der Waals surface area contributed by atoms with Gasteiger partial charge in [0.05, 0.1) is 33.6 Å². The Morgan fingerprint density at radius 3 is 2.40 bits per heavy atom. The van der Waals surface area contributed by atoms with Crippen molar-refractivity contribution in [1.29, 1.82) is 0 Å². The van der Waals surface area contributed by atoms with E-state index in [4.69, 9.17) is 14.2 Å². The average Bonchev–Trinajstić information content (AvgIpc) is 3.05. The monoisotopic (exact) mass is 339 g/mol. The molecule has 25 heavy (non-hydrogen) atoms. The topological polar surface area (TPSA) is 60.1 Å². The van der Waals surface area contributed by atoms with E-state index in [2.05, 4.69) is 34.6 Å². The van der Waals surface area contributed by atoms with E-state index in [1.165, 1.54) is 22.2 Å². The fourth-order valence-electron chi connectivity index (χ4n) is 3.85. The van der Waals surface area contributed by atoms with E-state index < -0.39 is 0 Å². The van der Waals surface area contributed by atoms with Gasteiger partial charge in [-0.2, -0.15) is 0 Å². The molecule has 3 N–H and O–H groups in total. The number of ether oxygens (including phenoxy) is 3. The number of aromatic amines is 1. The van der Waals surface area contributed by atoms with Crippen LogP contribution in [0, 0.1) is 0 Å². The number of rotatable bonds is 4. The SMILES string of the molecule is COc1cc([C@H]2[NH2+]CCc3c2[nH]c2ccccc32)cc(OC)c1OC. The number of methoxy groups -OCH3 is 3. The molecule has 0 unspecified atom stereocenters. The van der Waals surface area contributed by atoms with Gasteiger partial charge in [-0.05, 0) is 23.8 Å². The summed E-state index contributed by atoms with van der Waals surface area (Å²) in [7, 11) is 4.93. The van der Waals surface area contributed by atoms with Crippen LogP contribution in [0.25, 0.3) is 10.9 Å². The molecule has 0 bridgehead atoms. The van der Waals surface area contributed by atoms with E-state index in [9.17, 15) is 0 Å². The molecule has 130 valence electrons. The number of H-pyrrole nitrogens is 1. The molecule has 3 aromatic rings. The summed E-state index contributed by atoms with van der Waals surface area (Å²) in [4.78, 5) is 3.62. The largest absolute Gasteiger partial charge is 0.493 e. The first-order valence-electron chi connectivity index (χ1n) is 8.49. The second kappa shape index (κ2) is 6.33. The second-order valence-electron chi connectivity index (χ2n) is 6.27. The summed E-state index contributed by atoms with van der Waals surface area (Å²) in [6, 6.07) is 12.8. The van der Waals surface area contributed by atoms with Crippen molar-refractivity contribution < 1.29 is 19.5 Å². The maximum Gasteiger partial charge on any atom is 0.203 e. The number of para-hydroxylation sites is 1. The van der Waals surface area contributed by atoms with E-state index in [1.54, 1.807) is 21.3 Å². The fourth-order valence-corrected chi connectivity index (χ4v) is 3.85. The van der Waals surface area contributed by atoms with Gasteiger partial charge in [0, 0.05) is 22.9 Å². The zero-order valence-corrected chi connectivity index (χ0v) is 14.8. The third-order valence-corrected chi connectivity index (χ3v) is 5.00. The number of hydrogen-bond donors (Lipinski definition) is 2. The lowest BCUT2D eigenvalue weighted by atomic mass is 9.94. The molecule has 0 amide bonds. The van der Waals surface area contributed by atoms with Crippen molar-refractivity contribution in [2.24, 2.45) is 0 Å². The van der Waals surface area contributed by atoms with Gasteiger partial charge in [0.1, 0.15) is 0 Å². The Bertz CT molecular complexity index is 891. The lowest BCUT2D eigenvalue weighted by Gasteiger charge is -2.23. The highest BCUT2D eigenvalue weighted by atomic mass is 16.5. The molecule has 5 nitrogen and oxygen atoms in total. The van der Waals surface area contributed by atoms with Crippen molar-refractivity contribution in [2.75, 3.05) is 27.9 Å². The quantitative estimate of drug-likeness (QED) is 0.767. The molecule has 1 aliphatic heterocycles. The Morgan fingerprint density at radius 2 is 1.72 bits per heavy atom. The first-order chi connectivity index (χ1) is 12.3. The molecule has 2 aromatic carbocycles. The third-order valence-electron chi connectivity index (χ3n) is 5.00. The maximum atomic E-state index is 5.53. The Hall–Kier alpha value is -2.66. The van der Waals surface area contributed by atoms with Crippen LogP contribution < -0.4 is 19.5 Å². The first-order valence-corrected chi connectivity index (χ1v) is 8.49. The minimum Gasteiger partial charge on any atom is -0.493 e. The summed E-state index contributed by atoms with van der Waals surface area (Å²) >= 11 is 0. The van der Waals surface area contributed by atoms with Gasteiger partial charge in [-0.1, -0.05) is 18.2 Å². The van der Waals surface area contributed by atoms with Crippen molar-refractivity contribution in [3.05, 3.63) is 53.2 Å². The second-order valence-corrected chi connectivity index (χ2v) is 6.27. The molecule has 1 atom stereocenters. The van der Waals surface area contributed by atoms with E-state index >= 15 is 0 Å². The maximum absolute atomic E-state index is 5.53. The van der Waals surface area contributed by atoms with Crippen LogP contribution in [0.3, 0.4) is 0 Å². The van der Waals surface area contributed by atoms with E-state index in [0.29, 0.717) is 17.2 Å². The van der Waals surface area contributed by atoms with E-state index in [1.807, 2.05) is 12.1 Å². The van der Waals surface area contributed by atoms with Crippen molar-refractivity contribution in [1.82, 2.24) is 4.98 Å². The zero-order chi connectivity index (χ0) is 17.4. The van der Waals surface area contributed by atoms with E-state index in [0.717, 1.165) is 18.5 Å². The van der Waals surface area contributed by atoms with Crippen LogP contribution in [0.2, 0.25) is 0 Å². The Balaban J connectivity index is 1.87. The van der Waals surface area contributed by atoms with Gasteiger partial charge < -0.3 is 24.5 Å². The van der Waals surface area contributed by atoms with Gasteiger partial charge in [0.25, 0.3) is 0 Å². The molecule has 2 heterocycles. The van der Waals surface area contributed by atoms with Crippen LogP contribution in [0.5, 0.6) is 17.2 Å². The van der Waals surface area contributed by atoms with Crippen LogP contribution in [-0.2, 0) is 6.42 Å². The van der Waals surface area contributed by atoms with Crippen LogP contribution in [-0.4, -0.2) is 32.9 Å². The highest BCUT2D eigenvalue weighted by molar-refractivity contribution is 5.85. The van der Waals surface area contributed by atoms with Crippen molar-refractivity contribution in [2.45, 2.75) is 12.5 Å². The number of aromatic nitrogens is 1. The zero-order valence-electron chi connectivity index (χ0n) is 14.8. The average molecular weight is 339 g/mol. The fraction of sp³-hybridized carbons (Fsp3) is 0.300. The van der Waals surface area contributed by atoms with Gasteiger partial charge in [0.15, 0.2) is 17.5 Å². The number of nitrogens with two attached hydrogens (primary N) is 1. The van der Waals surface area contributed by atoms with Gasteiger partial charge in [-0.25, -0.2) is 0 Å². The summed E-state index contributed by atoms with van der Waals surface area (Å²) in [5, 5.41) is 3.68. The lowest BCUT2D eigenvalue weighted by Crippen LogP contribution is -2.87. The minimum absolute atomic E-state index is 0.185. The van der Waals surface area contributed by atoms with Crippen molar-refractivity contribution in [3.8, 4) is 17.2 Å². The highest BCUT2D eigenvalue weighted by Crippen LogP contribution is 2.41. The molecule has 0 saturated carbocycles. The summed E-state index contributed by atoms with van der Waals surface area (Å²) < 4.78 is 16.5. The molecule has 0 spiro atoms. The highest BCUT2D eigenvalue weighted by Gasteiger charge is 2.30. The third kappa shape index (κ3) is 2.51. The smallest absolute Gasteiger partial charge is 0.203 e. The normalized spacial score (nSPS) is 16.5. The van der Waals surface area contributed by atoms with Gasteiger partial charge >= 0.3 is 0 Å². The molecule has 0 aliphatic carbocycles. The molecule has 4 rings (SSSR count). The molecule has 0 saturated heterocycles. The van der Waals surface area contributed by atoms with E-state index in [-0.39, 0.29) is 6.04 Å². The molecular weight excluding hydrogens is 316 g/mol. The number of fused-ring (bicyclic) bond motifs is 3.